The van der Waals surface area contributed by atoms with E-state index in [0.29, 0.717) is 0 Å². The molecule has 0 unspecified atom stereocenters. The van der Waals surface area contributed by atoms with Gasteiger partial charge in [0.25, 0.3) is 0 Å². The van der Waals surface area contributed by atoms with Gasteiger partial charge in [0.15, 0.2) is 0 Å². The third-order valence-electron chi connectivity index (χ3n) is 2.73. The van der Waals surface area contributed by atoms with Crippen LogP contribution in [0.4, 0.5) is 0 Å². The van der Waals surface area contributed by atoms with Gasteiger partial charge in [-0.3, -0.25) is 4.99 Å². The van der Waals surface area contributed by atoms with Crippen molar-refractivity contribution in [3.8, 4) is 0 Å². The van der Waals surface area contributed by atoms with Gasteiger partial charge in [0, 0.05) is 13.0 Å². The molecule has 1 N–H and O–H groups in total. The molecule has 0 amide bonds. The lowest BCUT2D eigenvalue weighted by Gasteiger charge is -2.09. The zero-order valence-electron chi connectivity index (χ0n) is 8.80. The predicted molar refractivity (Wildman–Crippen MR) is 59.9 cm³/mol. The first-order chi connectivity index (χ1) is 6.77. The van der Waals surface area contributed by atoms with Gasteiger partial charge in [-0.05, 0) is 30.5 Å². The lowest BCUT2D eigenvalue weighted by atomic mass is 10.00. The van der Waals surface area contributed by atoms with Crippen molar-refractivity contribution < 1.29 is 0 Å². The number of aryl methyl sites for hydroxylation is 2. The number of hydrogen-bond acceptors (Lipinski definition) is 2. The van der Waals surface area contributed by atoms with Crippen molar-refractivity contribution in [3.05, 3.63) is 34.9 Å². The van der Waals surface area contributed by atoms with Crippen molar-refractivity contribution in [1.82, 2.24) is 5.32 Å². The highest BCUT2D eigenvalue weighted by molar-refractivity contribution is 5.86. The molecule has 0 saturated heterocycles. The summed E-state index contributed by atoms with van der Waals surface area (Å²) >= 11 is 0. The molecule has 2 rings (SSSR count). The molecular formula is C12H16N2. The molecule has 14 heavy (non-hydrogen) atoms. The lowest BCUT2D eigenvalue weighted by molar-refractivity contribution is 0.952. The smallest absolute Gasteiger partial charge is 0.101 e. The zero-order valence-corrected chi connectivity index (χ0v) is 8.80. The number of amidine groups is 1. The molecule has 0 bridgehead atoms. The second kappa shape index (κ2) is 3.82. The van der Waals surface area contributed by atoms with Crippen LogP contribution in [0, 0.1) is 13.8 Å². The monoisotopic (exact) mass is 188 g/mol. The minimum absolute atomic E-state index is 0.931. The predicted octanol–water partition coefficient (Wildman–Crippen LogP) is 1.85. The van der Waals surface area contributed by atoms with E-state index >= 15 is 0 Å². The minimum Gasteiger partial charge on any atom is -0.372 e. The summed E-state index contributed by atoms with van der Waals surface area (Å²) in [5.74, 6) is 1.14. The Bertz CT molecular complexity index is 346. The molecule has 1 aromatic rings. The first-order valence-corrected chi connectivity index (χ1v) is 5.09. The van der Waals surface area contributed by atoms with Gasteiger partial charge in [0.1, 0.15) is 5.84 Å². The van der Waals surface area contributed by atoms with Gasteiger partial charge in [0.05, 0.1) is 6.54 Å². The quantitative estimate of drug-likeness (QED) is 0.752. The molecule has 1 aromatic carbocycles. The molecule has 1 aliphatic heterocycles. The maximum Gasteiger partial charge on any atom is 0.101 e. The van der Waals surface area contributed by atoms with E-state index < -0.39 is 0 Å². The summed E-state index contributed by atoms with van der Waals surface area (Å²) in [4.78, 5) is 4.42. The van der Waals surface area contributed by atoms with Gasteiger partial charge >= 0.3 is 0 Å². The third kappa shape index (κ3) is 1.79. The van der Waals surface area contributed by atoms with Crippen LogP contribution in [-0.4, -0.2) is 18.9 Å². The van der Waals surface area contributed by atoms with Crippen molar-refractivity contribution in [2.24, 2.45) is 4.99 Å². The topological polar surface area (TPSA) is 24.4 Å². The maximum atomic E-state index is 4.42. The Labute approximate surface area is 85.1 Å². The number of rotatable bonds is 2. The fourth-order valence-electron chi connectivity index (χ4n) is 1.86. The second-order valence-electron chi connectivity index (χ2n) is 3.80. The van der Waals surface area contributed by atoms with Crippen LogP contribution in [0.1, 0.15) is 16.7 Å². The third-order valence-corrected chi connectivity index (χ3v) is 2.73. The molecule has 2 nitrogen and oxygen atoms in total. The van der Waals surface area contributed by atoms with Gasteiger partial charge in [-0.2, -0.15) is 0 Å². The average Bonchev–Trinajstić information content (AvgIpc) is 2.64. The molecule has 0 atom stereocenters. The molecule has 1 aliphatic rings. The number of nitrogens with one attached hydrogen (secondary N) is 1. The molecule has 0 radical (unpaired) electrons. The summed E-state index contributed by atoms with van der Waals surface area (Å²) in [5, 5.41) is 3.31. The first-order valence-electron chi connectivity index (χ1n) is 5.09. The summed E-state index contributed by atoms with van der Waals surface area (Å²) in [6, 6.07) is 6.44. The maximum absolute atomic E-state index is 4.42. The van der Waals surface area contributed by atoms with Crippen molar-refractivity contribution in [3.63, 3.8) is 0 Å². The normalized spacial score (nSPS) is 15.1. The highest BCUT2D eigenvalue weighted by Gasteiger charge is 2.09. The molecule has 74 valence electrons. The fraction of sp³-hybridized carbons (Fsp3) is 0.417. The summed E-state index contributed by atoms with van der Waals surface area (Å²) in [6.45, 7) is 6.26. The summed E-state index contributed by atoms with van der Waals surface area (Å²) < 4.78 is 0. The second-order valence-corrected chi connectivity index (χ2v) is 3.80. The highest BCUT2D eigenvalue weighted by atomic mass is 15.1. The average molecular weight is 188 g/mol. The number of hydrogen-bond donors (Lipinski definition) is 1. The van der Waals surface area contributed by atoms with Crippen LogP contribution in [0.2, 0.25) is 0 Å². The minimum atomic E-state index is 0.931. The van der Waals surface area contributed by atoms with Crippen molar-refractivity contribution in [2.75, 3.05) is 13.1 Å². The molecule has 2 heteroatoms. The van der Waals surface area contributed by atoms with Crippen molar-refractivity contribution in [2.45, 2.75) is 20.3 Å². The number of benzene rings is 1. The van der Waals surface area contributed by atoms with Gasteiger partial charge in [-0.1, -0.05) is 18.2 Å². The van der Waals surface area contributed by atoms with Crippen LogP contribution in [0.5, 0.6) is 0 Å². The van der Waals surface area contributed by atoms with Crippen LogP contribution in [0.15, 0.2) is 23.2 Å². The van der Waals surface area contributed by atoms with E-state index in [0.717, 1.165) is 25.3 Å². The van der Waals surface area contributed by atoms with Gasteiger partial charge in [0.2, 0.25) is 0 Å². The Hall–Kier alpha value is -1.31. The molecular weight excluding hydrogens is 172 g/mol. The van der Waals surface area contributed by atoms with Gasteiger partial charge in [-0.25, -0.2) is 0 Å². The Morgan fingerprint density at radius 2 is 2.00 bits per heavy atom. The molecule has 0 aromatic heterocycles. The Morgan fingerprint density at radius 1 is 1.29 bits per heavy atom. The van der Waals surface area contributed by atoms with E-state index in [1.807, 2.05) is 0 Å². The van der Waals surface area contributed by atoms with Gasteiger partial charge < -0.3 is 5.32 Å². The lowest BCUT2D eigenvalue weighted by Crippen LogP contribution is -2.21. The highest BCUT2D eigenvalue weighted by Crippen LogP contribution is 2.14. The van der Waals surface area contributed by atoms with E-state index in [2.05, 4.69) is 42.4 Å². The van der Waals surface area contributed by atoms with Crippen LogP contribution in [0.25, 0.3) is 0 Å². The Balaban J connectivity index is 2.23. The molecule has 0 aliphatic carbocycles. The van der Waals surface area contributed by atoms with E-state index in [4.69, 9.17) is 0 Å². The Morgan fingerprint density at radius 3 is 2.57 bits per heavy atom. The van der Waals surface area contributed by atoms with Crippen molar-refractivity contribution >= 4 is 5.84 Å². The molecule has 0 fully saturated rings. The fourth-order valence-corrected chi connectivity index (χ4v) is 1.86. The summed E-state index contributed by atoms with van der Waals surface area (Å²) in [5.41, 5.74) is 4.14. The summed E-state index contributed by atoms with van der Waals surface area (Å²) in [7, 11) is 0. The standard InChI is InChI=1S/C12H16N2/c1-9-4-3-5-10(2)11(9)8-12-13-6-7-14-12/h3-5H,6-8H2,1-2H3,(H,13,14). The number of aliphatic imine (C=N–C) groups is 1. The molecule has 0 saturated carbocycles. The van der Waals surface area contributed by atoms with Crippen LogP contribution in [-0.2, 0) is 6.42 Å². The molecule has 1 heterocycles. The van der Waals surface area contributed by atoms with Crippen LogP contribution >= 0.6 is 0 Å². The van der Waals surface area contributed by atoms with E-state index in [1.165, 1.54) is 16.7 Å². The van der Waals surface area contributed by atoms with E-state index in [1.54, 1.807) is 0 Å². The van der Waals surface area contributed by atoms with Crippen LogP contribution < -0.4 is 5.32 Å². The van der Waals surface area contributed by atoms with E-state index in [9.17, 15) is 0 Å². The number of nitrogens with zero attached hydrogens (tertiary/aromatic N) is 1. The first kappa shape index (κ1) is 9.25. The van der Waals surface area contributed by atoms with Crippen LogP contribution in [0.3, 0.4) is 0 Å². The SMILES string of the molecule is Cc1cccc(C)c1CC1=NCCN1. The summed E-state index contributed by atoms with van der Waals surface area (Å²) in [6.07, 6.45) is 0.957. The van der Waals surface area contributed by atoms with Gasteiger partial charge in [-0.15, -0.1) is 0 Å². The van der Waals surface area contributed by atoms with E-state index in [-0.39, 0.29) is 0 Å². The molecule has 0 spiro atoms. The largest absolute Gasteiger partial charge is 0.372 e. The zero-order chi connectivity index (χ0) is 9.97. The Kier molecular flexibility index (Phi) is 2.53. The van der Waals surface area contributed by atoms with Crippen molar-refractivity contribution in [1.29, 1.82) is 0 Å².